The van der Waals surface area contributed by atoms with E-state index in [4.69, 9.17) is 5.14 Å². The van der Waals surface area contributed by atoms with Gasteiger partial charge in [0.15, 0.2) is 0 Å². The number of tetrazole rings is 1. The Morgan fingerprint density at radius 1 is 1.03 bits per heavy atom. The molecule has 0 spiro atoms. The highest BCUT2D eigenvalue weighted by Crippen LogP contribution is 2.42. The molecule has 32 heavy (non-hydrogen) atoms. The van der Waals surface area contributed by atoms with Crippen LogP contribution in [0, 0.1) is 0 Å². The van der Waals surface area contributed by atoms with Crippen molar-refractivity contribution in [2.75, 3.05) is 13.1 Å². The van der Waals surface area contributed by atoms with Crippen molar-refractivity contribution >= 4 is 10.0 Å². The number of halogens is 3. The first kappa shape index (κ1) is 22.4. The number of hydrogen-bond donors (Lipinski definition) is 2. The number of alkyl halides is 3. The molecule has 3 N–H and O–H groups in total. The number of likely N-dealkylation sites (tertiary alicyclic amines) is 1. The number of aromatic amines is 1. The van der Waals surface area contributed by atoms with Crippen molar-refractivity contribution in [2.45, 2.75) is 36.9 Å². The molecular weight excluding hydrogens is 445 g/mol. The summed E-state index contributed by atoms with van der Waals surface area (Å²) in [4.78, 5) is 1.27. The fraction of sp³-hybridized carbons (Fsp3) is 0.350. The fourth-order valence-electron chi connectivity index (χ4n) is 4.00. The Balaban J connectivity index is 1.82. The predicted octanol–water partition coefficient (Wildman–Crippen LogP) is 3.19. The molecule has 0 saturated carbocycles. The molecule has 1 aliphatic rings. The van der Waals surface area contributed by atoms with Crippen molar-refractivity contribution < 1.29 is 21.6 Å². The van der Waals surface area contributed by atoms with Crippen molar-refractivity contribution in [1.29, 1.82) is 0 Å². The monoisotopic (exact) mass is 466 g/mol. The Morgan fingerprint density at radius 2 is 1.72 bits per heavy atom. The van der Waals surface area contributed by atoms with Gasteiger partial charge in [0.2, 0.25) is 15.8 Å². The molecule has 170 valence electrons. The van der Waals surface area contributed by atoms with E-state index < -0.39 is 26.7 Å². The van der Waals surface area contributed by atoms with Gasteiger partial charge in [-0.1, -0.05) is 36.8 Å². The van der Waals surface area contributed by atoms with Crippen LogP contribution in [0.5, 0.6) is 0 Å². The van der Waals surface area contributed by atoms with Crippen LogP contribution >= 0.6 is 0 Å². The summed E-state index contributed by atoms with van der Waals surface area (Å²) in [6.45, 7) is 2.83. The number of H-pyrrole nitrogens is 1. The van der Waals surface area contributed by atoms with Crippen LogP contribution in [0.3, 0.4) is 0 Å². The number of hydrogen-bond acceptors (Lipinski definition) is 6. The van der Waals surface area contributed by atoms with Gasteiger partial charge in [-0.15, -0.1) is 10.2 Å². The summed E-state index contributed by atoms with van der Waals surface area (Å²) in [7, 11) is -4.78. The second-order valence-corrected chi connectivity index (χ2v) is 9.17. The first-order valence-corrected chi connectivity index (χ1v) is 11.5. The van der Waals surface area contributed by atoms with E-state index in [0.717, 1.165) is 38.0 Å². The average Bonchev–Trinajstić information content (AvgIpc) is 3.27. The van der Waals surface area contributed by atoms with Gasteiger partial charge in [-0.25, -0.2) is 13.6 Å². The van der Waals surface area contributed by atoms with Crippen LogP contribution in [-0.4, -0.2) is 47.0 Å². The molecule has 0 unspecified atom stereocenters. The van der Waals surface area contributed by atoms with Gasteiger partial charge in [0.1, 0.15) is 4.90 Å². The molecule has 0 radical (unpaired) electrons. The van der Waals surface area contributed by atoms with E-state index in [1.807, 2.05) is 12.1 Å². The van der Waals surface area contributed by atoms with Crippen molar-refractivity contribution in [2.24, 2.45) is 5.14 Å². The molecule has 0 aliphatic carbocycles. The van der Waals surface area contributed by atoms with Gasteiger partial charge in [0.05, 0.1) is 11.1 Å². The molecular formula is C20H21F3N6O2S. The van der Waals surface area contributed by atoms with Gasteiger partial charge >= 0.3 is 6.18 Å². The molecule has 1 aromatic heterocycles. The van der Waals surface area contributed by atoms with Crippen LogP contribution in [0.1, 0.15) is 30.4 Å². The zero-order chi connectivity index (χ0) is 22.9. The number of primary sulfonamides is 1. The molecule has 1 saturated heterocycles. The lowest BCUT2D eigenvalue weighted by molar-refractivity contribution is -0.139. The van der Waals surface area contributed by atoms with Gasteiger partial charge in [-0.05, 0) is 53.9 Å². The number of nitrogens with two attached hydrogens (primary N) is 1. The first-order valence-electron chi connectivity index (χ1n) is 9.97. The highest BCUT2D eigenvalue weighted by molar-refractivity contribution is 7.89. The summed E-state index contributed by atoms with van der Waals surface area (Å²) < 4.78 is 65.4. The second kappa shape index (κ2) is 8.60. The molecule has 2 heterocycles. The zero-order valence-corrected chi connectivity index (χ0v) is 17.7. The lowest BCUT2D eigenvalue weighted by atomic mass is 9.95. The maximum absolute atomic E-state index is 13.6. The summed E-state index contributed by atoms with van der Waals surface area (Å²) in [6.07, 6.45) is -1.40. The van der Waals surface area contributed by atoms with Crippen LogP contribution < -0.4 is 5.14 Å². The normalized spacial score (nSPS) is 15.8. The molecule has 1 aliphatic heterocycles. The maximum atomic E-state index is 13.6. The van der Waals surface area contributed by atoms with Gasteiger partial charge in [-0.2, -0.15) is 18.4 Å². The van der Waals surface area contributed by atoms with E-state index in [9.17, 15) is 21.6 Å². The zero-order valence-electron chi connectivity index (χ0n) is 16.9. The maximum Gasteiger partial charge on any atom is 0.417 e. The Kier molecular flexibility index (Phi) is 6.01. The third-order valence-corrected chi connectivity index (χ3v) is 6.43. The fourth-order valence-corrected chi connectivity index (χ4v) is 4.97. The number of rotatable bonds is 5. The standard InChI is InChI=1S/C20H21F3N6O2S/c21-20(22,23)16-9-8-15(17(18(16)32(24,30)31)19-25-27-28-26-19)14-6-4-13(5-7-14)12-29-10-2-1-3-11-29/h4-9H,1-3,10-12H2,(H2,24,30,31)(H,25,26,27,28). The number of nitrogens with zero attached hydrogens (tertiary/aromatic N) is 4. The Bertz CT molecular complexity index is 1190. The molecule has 0 bridgehead atoms. The Morgan fingerprint density at radius 3 is 2.28 bits per heavy atom. The van der Waals surface area contributed by atoms with E-state index in [0.29, 0.717) is 11.6 Å². The Hall–Kier alpha value is -2.83. The lowest BCUT2D eigenvalue weighted by Crippen LogP contribution is -2.29. The van der Waals surface area contributed by atoms with E-state index >= 15 is 0 Å². The molecule has 0 atom stereocenters. The van der Waals surface area contributed by atoms with Crippen LogP contribution in [-0.2, 0) is 22.7 Å². The molecule has 4 rings (SSSR count). The Labute approximate surface area is 182 Å². The van der Waals surface area contributed by atoms with Crippen molar-refractivity contribution in [3.05, 3.63) is 47.5 Å². The topological polar surface area (TPSA) is 118 Å². The van der Waals surface area contributed by atoms with Crippen LogP contribution in [0.4, 0.5) is 13.2 Å². The number of benzene rings is 2. The van der Waals surface area contributed by atoms with E-state index in [2.05, 4.69) is 25.5 Å². The average molecular weight is 466 g/mol. The smallest absolute Gasteiger partial charge is 0.299 e. The number of aromatic nitrogens is 4. The van der Waals surface area contributed by atoms with Crippen molar-refractivity contribution in [3.8, 4) is 22.5 Å². The third-order valence-electron chi connectivity index (χ3n) is 5.44. The SMILES string of the molecule is NS(=O)(=O)c1c(C(F)(F)F)ccc(-c2ccc(CN3CCCCC3)cc2)c1-c1nn[nH]n1. The highest BCUT2D eigenvalue weighted by Gasteiger charge is 2.39. The summed E-state index contributed by atoms with van der Waals surface area (Å²) in [5, 5.41) is 18.2. The summed E-state index contributed by atoms with van der Waals surface area (Å²) in [5.74, 6) is -0.299. The number of sulfonamides is 1. The predicted molar refractivity (Wildman–Crippen MR) is 111 cm³/mol. The lowest BCUT2D eigenvalue weighted by Gasteiger charge is -2.26. The molecule has 3 aromatic rings. The van der Waals surface area contributed by atoms with Crippen molar-refractivity contribution in [3.63, 3.8) is 0 Å². The number of piperidine rings is 1. The van der Waals surface area contributed by atoms with Crippen molar-refractivity contribution in [1.82, 2.24) is 25.5 Å². The molecule has 1 fully saturated rings. The summed E-state index contributed by atoms with van der Waals surface area (Å²) >= 11 is 0. The summed E-state index contributed by atoms with van der Waals surface area (Å²) in [6, 6.07) is 9.12. The largest absolute Gasteiger partial charge is 0.417 e. The molecule has 8 nitrogen and oxygen atoms in total. The van der Waals surface area contributed by atoms with E-state index in [1.165, 1.54) is 12.5 Å². The van der Waals surface area contributed by atoms with Crippen LogP contribution in [0.15, 0.2) is 41.3 Å². The molecule has 0 amide bonds. The van der Waals surface area contributed by atoms with E-state index in [1.54, 1.807) is 12.1 Å². The van der Waals surface area contributed by atoms with Crippen LogP contribution in [0.2, 0.25) is 0 Å². The molecule has 12 heteroatoms. The minimum atomic E-state index is -4.95. The molecule has 2 aromatic carbocycles. The van der Waals surface area contributed by atoms with Gasteiger partial charge in [0, 0.05) is 6.54 Å². The van der Waals surface area contributed by atoms with Gasteiger partial charge < -0.3 is 0 Å². The second-order valence-electron chi connectivity index (χ2n) is 7.68. The van der Waals surface area contributed by atoms with Gasteiger partial charge in [-0.3, -0.25) is 4.90 Å². The summed E-state index contributed by atoms with van der Waals surface area (Å²) in [5.41, 5.74) is 0.0271. The van der Waals surface area contributed by atoms with Crippen LogP contribution in [0.25, 0.3) is 22.5 Å². The highest BCUT2D eigenvalue weighted by atomic mass is 32.2. The third kappa shape index (κ3) is 4.66. The minimum Gasteiger partial charge on any atom is -0.299 e. The first-order chi connectivity index (χ1) is 15.1. The quantitative estimate of drug-likeness (QED) is 0.596. The van der Waals surface area contributed by atoms with E-state index in [-0.39, 0.29) is 17.0 Å². The van der Waals surface area contributed by atoms with Gasteiger partial charge in [0.25, 0.3) is 0 Å². The minimum absolute atomic E-state index is 0.202. The number of nitrogens with one attached hydrogen (secondary N) is 1.